The molecule has 0 aliphatic carbocycles. The van der Waals surface area contributed by atoms with Gasteiger partial charge in [0.25, 0.3) is 0 Å². The Morgan fingerprint density at radius 1 is 1.21 bits per heavy atom. The summed E-state index contributed by atoms with van der Waals surface area (Å²) in [6.45, 7) is 7.00. The fraction of sp³-hybridized carbons (Fsp3) is 0.600. The van der Waals surface area contributed by atoms with Gasteiger partial charge in [-0.15, -0.1) is 0 Å². The fourth-order valence-electron chi connectivity index (χ4n) is 1.91. The quantitative estimate of drug-likeness (QED) is 0.644. The van der Waals surface area contributed by atoms with Crippen molar-refractivity contribution in [2.45, 2.75) is 50.3 Å². The van der Waals surface area contributed by atoms with Crippen LogP contribution in [0, 0.1) is 0 Å². The molecule has 0 heterocycles. The molecule has 19 heavy (non-hydrogen) atoms. The van der Waals surface area contributed by atoms with Gasteiger partial charge in [-0.05, 0) is 54.5 Å². The molecule has 0 saturated heterocycles. The molecule has 4 heteroatoms. The van der Waals surface area contributed by atoms with Crippen LogP contribution in [-0.2, 0) is 23.0 Å². The van der Waals surface area contributed by atoms with Crippen LogP contribution < -0.4 is 5.73 Å². The average molecular weight is 285 g/mol. The van der Waals surface area contributed by atoms with E-state index in [2.05, 4.69) is 26.8 Å². The minimum atomic E-state index is -1.54. The first-order chi connectivity index (χ1) is 8.88. The molecule has 0 aliphatic heterocycles. The lowest BCUT2D eigenvalue weighted by molar-refractivity contribution is 0.533. The molecule has 0 amide bonds. The summed E-state index contributed by atoms with van der Waals surface area (Å²) in [6.07, 6.45) is 2.88. The van der Waals surface area contributed by atoms with Gasteiger partial charge in [0.05, 0.1) is 0 Å². The van der Waals surface area contributed by atoms with Crippen LogP contribution in [0.5, 0.6) is 0 Å². The maximum absolute atomic E-state index is 12.6. The first-order valence-corrected chi connectivity index (χ1v) is 7.99. The second-order valence-corrected chi connectivity index (χ2v) is 7.20. The Balaban J connectivity index is 3.02. The molecule has 0 spiro atoms. The Labute approximate surface area is 118 Å². The summed E-state index contributed by atoms with van der Waals surface area (Å²) in [5, 5.41) is 0. The van der Waals surface area contributed by atoms with E-state index in [4.69, 9.17) is 5.73 Å². The zero-order valence-corrected chi connectivity index (χ0v) is 12.9. The van der Waals surface area contributed by atoms with Crippen LogP contribution in [0.4, 0.5) is 4.39 Å². The van der Waals surface area contributed by atoms with E-state index in [-0.39, 0.29) is 5.41 Å². The standard InChI is InChI=1S/C15H24FNOS/c1-15(2,3)13-8-12(6-4-5-7-17)9-14(10-13)19(18)11-16/h8-10H,4-7,11,17H2,1-3H3. The minimum absolute atomic E-state index is 0.0286. The van der Waals surface area contributed by atoms with E-state index in [1.54, 1.807) is 0 Å². The zero-order chi connectivity index (χ0) is 14.5. The van der Waals surface area contributed by atoms with Gasteiger partial charge >= 0.3 is 0 Å². The Morgan fingerprint density at radius 3 is 2.42 bits per heavy atom. The van der Waals surface area contributed by atoms with E-state index >= 15 is 0 Å². The smallest absolute Gasteiger partial charge is 0.248 e. The zero-order valence-electron chi connectivity index (χ0n) is 12.0. The highest BCUT2D eigenvalue weighted by Gasteiger charge is 2.19. The maximum atomic E-state index is 12.6. The van der Waals surface area contributed by atoms with Crippen LogP contribution >= 0.6 is 0 Å². The molecule has 0 radical (unpaired) electrons. The number of hydrogen-bond acceptors (Lipinski definition) is 2. The first kappa shape index (κ1) is 16.5. The summed E-state index contributed by atoms with van der Waals surface area (Å²) in [6, 6.07) is 5.04. The second-order valence-electron chi connectivity index (χ2n) is 5.82. The molecule has 0 bridgehead atoms. The van der Waals surface area contributed by atoms with Gasteiger partial charge < -0.3 is 10.3 Å². The molecule has 1 aromatic rings. The van der Waals surface area contributed by atoms with Gasteiger partial charge in [-0.1, -0.05) is 26.8 Å². The van der Waals surface area contributed by atoms with Crippen molar-refractivity contribution < 1.29 is 8.94 Å². The van der Waals surface area contributed by atoms with Gasteiger partial charge in [0.2, 0.25) is 6.01 Å². The molecule has 0 aromatic heterocycles. The highest BCUT2D eigenvalue weighted by Crippen LogP contribution is 2.27. The highest BCUT2D eigenvalue weighted by atomic mass is 32.2. The highest BCUT2D eigenvalue weighted by molar-refractivity contribution is 7.91. The van der Waals surface area contributed by atoms with Crippen molar-refractivity contribution in [2.24, 2.45) is 5.73 Å². The Bertz CT molecular complexity index is 404. The summed E-state index contributed by atoms with van der Waals surface area (Å²) in [5.41, 5.74) is 7.69. The van der Waals surface area contributed by atoms with E-state index in [0.29, 0.717) is 11.4 Å². The summed E-state index contributed by atoms with van der Waals surface area (Å²) in [5.74, 6) is 0. The van der Waals surface area contributed by atoms with Gasteiger partial charge in [0, 0.05) is 11.2 Å². The van der Waals surface area contributed by atoms with Crippen LogP contribution in [0.3, 0.4) is 0 Å². The summed E-state index contributed by atoms with van der Waals surface area (Å²) in [4.78, 5) is 0.595. The number of alkyl halides is 1. The molecular formula is C15H24FNOS. The van der Waals surface area contributed by atoms with Gasteiger partial charge in [0.15, 0.2) is 4.90 Å². The van der Waals surface area contributed by atoms with Crippen molar-refractivity contribution in [2.75, 3.05) is 12.6 Å². The molecule has 1 atom stereocenters. The molecule has 1 rings (SSSR count). The van der Waals surface area contributed by atoms with Crippen LogP contribution in [0.2, 0.25) is 0 Å². The van der Waals surface area contributed by atoms with E-state index in [9.17, 15) is 8.94 Å². The number of aryl methyl sites for hydroxylation is 1. The Kier molecular flexibility index (Phi) is 6.30. The summed E-state index contributed by atoms with van der Waals surface area (Å²) in [7, 11) is 0. The molecule has 0 aliphatic rings. The number of benzene rings is 1. The van der Waals surface area contributed by atoms with Gasteiger partial charge in [-0.3, -0.25) is 0 Å². The largest absolute Gasteiger partial charge is 0.609 e. The molecule has 108 valence electrons. The van der Waals surface area contributed by atoms with E-state index in [0.717, 1.165) is 30.4 Å². The molecule has 1 unspecified atom stereocenters. The van der Waals surface area contributed by atoms with Crippen molar-refractivity contribution >= 4 is 11.2 Å². The third-order valence-electron chi connectivity index (χ3n) is 3.11. The number of nitrogens with two attached hydrogens (primary N) is 1. The lowest BCUT2D eigenvalue weighted by Gasteiger charge is -2.21. The van der Waals surface area contributed by atoms with Crippen LogP contribution in [0.1, 0.15) is 44.7 Å². The normalized spacial score (nSPS) is 13.6. The monoisotopic (exact) mass is 285 g/mol. The van der Waals surface area contributed by atoms with Crippen molar-refractivity contribution in [1.29, 1.82) is 0 Å². The maximum Gasteiger partial charge on any atom is 0.248 e. The molecule has 2 N–H and O–H groups in total. The molecule has 0 saturated carbocycles. The summed E-state index contributed by atoms with van der Waals surface area (Å²) < 4.78 is 24.3. The molecule has 2 nitrogen and oxygen atoms in total. The number of rotatable bonds is 6. The van der Waals surface area contributed by atoms with Gasteiger partial charge in [-0.2, -0.15) is 4.39 Å². The number of hydrogen-bond donors (Lipinski definition) is 1. The van der Waals surface area contributed by atoms with Crippen molar-refractivity contribution in [3.8, 4) is 0 Å². The topological polar surface area (TPSA) is 49.1 Å². The van der Waals surface area contributed by atoms with E-state index in [1.165, 1.54) is 0 Å². The number of unbranched alkanes of at least 4 members (excludes halogenated alkanes) is 1. The first-order valence-electron chi connectivity index (χ1n) is 6.67. The van der Waals surface area contributed by atoms with Crippen molar-refractivity contribution in [1.82, 2.24) is 0 Å². The minimum Gasteiger partial charge on any atom is -0.609 e. The third-order valence-corrected chi connectivity index (χ3v) is 4.07. The summed E-state index contributed by atoms with van der Waals surface area (Å²) >= 11 is -1.54. The average Bonchev–Trinajstić information content (AvgIpc) is 2.36. The van der Waals surface area contributed by atoms with Gasteiger partial charge in [0.1, 0.15) is 0 Å². The lowest BCUT2D eigenvalue weighted by Crippen LogP contribution is -2.14. The predicted molar refractivity (Wildman–Crippen MR) is 79.5 cm³/mol. The van der Waals surface area contributed by atoms with Gasteiger partial charge in [-0.25, -0.2) is 0 Å². The Morgan fingerprint density at radius 2 is 1.89 bits per heavy atom. The fourth-order valence-corrected chi connectivity index (χ4v) is 2.57. The van der Waals surface area contributed by atoms with E-state index < -0.39 is 17.2 Å². The third kappa shape index (κ3) is 5.13. The van der Waals surface area contributed by atoms with Crippen molar-refractivity contribution in [3.63, 3.8) is 0 Å². The van der Waals surface area contributed by atoms with Crippen LogP contribution in [-0.4, -0.2) is 17.1 Å². The lowest BCUT2D eigenvalue weighted by atomic mass is 9.86. The number of halogens is 1. The molecule has 0 fully saturated rings. The molecular weight excluding hydrogens is 261 g/mol. The Hall–Kier alpha value is -0.580. The van der Waals surface area contributed by atoms with Crippen LogP contribution in [0.15, 0.2) is 23.1 Å². The van der Waals surface area contributed by atoms with E-state index in [1.807, 2.05) is 12.1 Å². The second kappa shape index (κ2) is 7.27. The van der Waals surface area contributed by atoms with Crippen LogP contribution in [0.25, 0.3) is 0 Å². The molecule has 1 aromatic carbocycles. The SMILES string of the molecule is CC(C)(C)c1cc(CCCCN)cc([S+]([O-])CF)c1. The predicted octanol–water partition coefficient (Wildman–Crippen LogP) is 3.30. The van der Waals surface area contributed by atoms with Crippen molar-refractivity contribution in [3.05, 3.63) is 29.3 Å².